The number of benzene rings is 1. The molecule has 1 aromatic heterocycles. The number of tetrazole rings is 1. The van der Waals surface area contributed by atoms with Crippen LogP contribution in [0.1, 0.15) is 19.4 Å². The molecular weight excluding hydrogens is 279 g/mol. The van der Waals surface area contributed by atoms with Crippen LogP contribution in [-0.4, -0.2) is 37.6 Å². The molecule has 1 heterocycles. The number of aliphatic hydroxyl groups excluding tert-OH is 1. The first-order valence-electron chi connectivity index (χ1n) is 6.56. The summed E-state index contributed by atoms with van der Waals surface area (Å²) in [5.74, 6) is -0.299. The smallest absolute Gasteiger partial charge is 0.368 e. The number of hydrogen-bond acceptors (Lipinski definition) is 5. The van der Waals surface area contributed by atoms with E-state index in [1.807, 2.05) is 0 Å². The third-order valence-corrected chi connectivity index (χ3v) is 2.94. The maximum absolute atomic E-state index is 13.9. The lowest BCUT2D eigenvalue weighted by molar-refractivity contribution is 0.122. The third kappa shape index (κ3) is 3.10. The van der Waals surface area contributed by atoms with Crippen LogP contribution in [0, 0.1) is 5.82 Å². The largest absolute Gasteiger partial charge is 0.489 e. The summed E-state index contributed by atoms with van der Waals surface area (Å²) in [6.45, 7) is 3.33. The topological polar surface area (TPSA) is 82.2 Å². The number of aliphatic hydroxyl groups is 1. The van der Waals surface area contributed by atoms with Gasteiger partial charge in [0.25, 0.3) is 0 Å². The van der Waals surface area contributed by atoms with E-state index in [4.69, 9.17) is 4.74 Å². The van der Waals surface area contributed by atoms with Gasteiger partial charge in [0.1, 0.15) is 23.9 Å². The van der Waals surface area contributed by atoms with Gasteiger partial charge in [-0.2, -0.15) is 9.36 Å². The monoisotopic (exact) mass is 296 g/mol. The lowest BCUT2D eigenvalue weighted by Gasteiger charge is -2.13. The maximum atomic E-state index is 13.9. The van der Waals surface area contributed by atoms with Gasteiger partial charge in [-0.05, 0) is 35.4 Å². The third-order valence-electron chi connectivity index (χ3n) is 2.94. The van der Waals surface area contributed by atoms with Gasteiger partial charge in [0.2, 0.25) is 0 Å². The van der Waals surface area contributed by atoms with Crippen molar-refractivity contribution >= 4 is 0 Å². The minimum absolute atomic E-state index is 0.0209. The van der Waals surface area contributed by atoms with Gasteiger partial charge in [0, 0.05) is 13.1 Å². The van der Waals surface area contributed by atoms with E-state index in [1.54, 1.807) is 13.8 Å². The Labute approximate surface area is 120 Å². The molecule has 0 radical (unpaired) electrons. The number of aromatic nitrogens is 4. The predicted octanol–water partition coefficient (Wildman–Crippen LogP) is 0.427. The number of halogens is 1. The normalized spacial score (nSPS) is 12.4. The molecule has 2 rings (SSSR count). The van der Waals surface area contributed by atoms with Gasteiger partial charge in [-0.1, -0.05) is 6.92 Å². The zero-order chi connectivity index (χ0) is 15.6. The Balaban J connectivity index is 2.55. The van der Waals surface area contributed by atoms with Crippen LogP contribution in [-0.2, 0) is 13.5 Å². The van der Waals surface area contributed by atoms with Gasteiger partial charge in [-0.3, -0.25) is 0 Å². The van der Waals surface area contributed by atoms with E-state index in [0.29, 0.717) is 17.7 Å². The Morgan fingerprint density at radius 2 is 2.14 bits per heavy atom. The van der Waals surface area contributed by atoms with Crippen molar-refractivity contribution in [1.29, 1.82) is 0 Å². The molecule has 1 N–H and O–H groups in total. The summed E-state index contributed by atoms with van der Waals surface area (Å²) < 4.78 is 21.4. The number of ether oxygens (including phenoxy) is 1. The lowest BCUT2D eigenvalue weighted by Crippen LogP contribution is -2.23. The summed E-state index contributed by atoms with van der Waals surface area (Å²) in [5, 5.41) is 16.6. The van der Waals surface area contributed by atoms with E-state index in [1.165, 1.54) is 19.2 Å². The van der Waals surface area contributed by atoms with Crippen LogP contribution in [0.2, 0.25) is 0 Å². The van der Waals surface area contributed by atoms with E-state index >= 15 is 0 Å². The number of hydrogen-bond donors (Lipinski definition) is 1. The minimum atomic E-state index is -0.717. The van der Waals surface area contributed by atoms with Gasteiger partial charge in [0.15, 0.2) is 0 Å². The molecule has 0 amide bonds. The minimum Gasteiger partial charge on any atom is -0.489 e. The summed E-state index contributed by atoms with van der Waals surface area (Å²) in [7, 11) is 1.46. The molecule has 7 nitrogen and oxygen atoms in total. The van der Waals surface area contributed by atoms with Crippen molar-refractivity contribution < 1.29 is 14.2 Å². The van der Waals surface area contributed by atoms with Gasteiger partial charge >= 0.3 is 5.69 Å². The summed E-state index contributed by atoms with van der Waals surface area (Å²) >= 11 is 0. The highest BCUT2D eigenvalue weighted by atomic mass is 19.1. The molecule has 21 heavy (non-hydrogen) atoms. The van der Waals surface area contributed by atoms with E-state index < -0.39 is 17.6 Å². The highest BCUT2D eigenvalue weighted by Gasteiger charge is 2.16. The Hall–Kier alpha value is -2.22. The zero-order valence-electron chi connectivity index (χ0n) is 12.1. The van der Waals surface area contributed by atoms with Crippen molar-refractivity contribution in [3.05, 3.63) is 34.0 Å². The molecule has 0 saturated heterocycles. The van der Waals surface area contributed by atoms with E-state index in [0.717, 1.165) is 9.36 Å². The first kappa shape index (κ1) is 15.2. The molecule has 0 aliphatic rings. The number of aryl methyl sites for hydroxylation is 2. The second kappa shape index (κ2) is 6.04. The van der Waals surface area contributed by atoms with Crippen LogP contribution in [0.15, 0.2) is 16.9 Å². The maximum Gasteiger partial charge on any atom is 0.368 e. The molecular formula is C13H17FN4O3. The van der Waals surface area contributed by atoms with Crippen LogP contribution >= 0.6 is 0 Å². The molecule has 0 unspecified atom stereocenters. The average molecular weight is 296 g/mol. The molecule has 0 spiro atoms. The summed E-state index contributed by atoms with van der Waals surface area (Å²) in [6.07, 6.45) is -0.254. The Morgan fingerprint density at radius 3 is 2.67 bits per heavy atom. The van der Waals surface area contributed by atoms with Crippen molar-refractivity contribution in [2.75, 3.05) is 6.61 Å². The zero-order valence-corrected chi connectivity index (χ0v) is 12.1. The van der Waals surface area contributed by atoms with Gasteiger partial charge < -0.3 is 9.84 Å². The van der Waals surface area contributed by atoms with Gasteiger partial charge in [0.05, 0.1) is 6.10 Å². The van der Waals surface area contributed by atoms with Crippen molar-refractivity contribution in [3.63, 3.8) is 0 Å². The fraction of sp³-hybridized carbons (Fsp3) is 0.462. The molecule has 1 atom stereocenters. The standard InChI is InChI=1S/C13H17FN4O3/c1-4-9-5-11(18-13(20)17(3)15-16-18)12(6-10(9)14)21-7-8(2)19/h5-6,8,19H,4,7H2,1-3H3/t8-/m0/s1. The van der Waals surface area contributed by atoms with Crippen LogP contribution < -0.4 is 10.4 Å². The quantitative estimate of drug-likeness (QED) is 0.865. The first-order valence-corrected chi connectivity index (χ1v) is 6.56. The Morgan fingerprint density at radius 1 is 1.43 bits per heavy atom. The highest BCUT2D eigenvalue weighted by molar-refractivity contribution is 5.49. The summed E-state index contributed by atoms with van der Waals surface area (Å²) in [4.78, 5) is 11.9. The Kier molecular flexibility index (Phi) is 4.37. The molecule has 0 aliphatic heterocycles. The second-order valence-corrected chi connectivity index (χ2v) is 4.72. The van der Waals surface area contributed by atoms with Crippen molar-refractivity contribution in [2.45, 2.75) is 26.4 Å². The van der Waals surface area contributed by atoms with Crippen molar-refractivity contribution in [1.82, 2.24) is 19.8 Å². The van der Waals surface area contributed by atoms with E-state index in [9.17, 15) is 14.3 Å². The second-order valence-electron chi connectivity index (χ2n) is 4.72. The van der Waals surface area contributed by atoms with Gasteiger partial charge in [-0.25, -0.2) is 9.18 Å². The molecule has 1 aromatic carbocycles. The van der Waals surface area contributed by atoms with Crippen LogP contribution in [0.4, 0.5) is 4.39 Å². The predicted molar refractivity (Wildman–Crippen MR) is 73.1 cm³/mol. The number of rotatable bonds is 5. The number of nitrogens with zero attached hydrogens (tertiary/aromatic N) is 4. The summed E-state index contributed by atoms with van der Waals surface area (Å²) in [6, 6.07) is 2.69. The Bertz CT molecular complexity index is 693. The van der Waals surface area contributed by atoms with E-state index in [2.05, 4.69) is 10.4 Å². The molecule has 0 bridgehead atoms. The summed E-state index contributed by atoms with van der Waals surface area (Å²) in [5.41, 5.74) is 0.268. The van der Waals surface area contributed by atoms with Gasteiger partial charge in [-0.15, -0.1) is 0 Å². The SMILES string of the molecule is CCc1cc(-n2nnn(C)c2=O)c(OC[C@H](C)O)cc1F. The highest BCUT2D eigenvalue weighted by Crippen LogP contribution is 2.26. The van der Waals surface area contributed by atoms with Crippen molar-refractivity contribution in [3.8, 4) is 11.4 Å². The lowest BCUT2D eigenvalue weighted by atomic mass is 10.1. The molecule has 2 aromatic rings. The van der Waals surface area contributed by atoms with Crippen molar-refractivity contribution in [2.24, 2.45) is 7.05 Å². The molecule has 0 aliphatic carbocycles. The molecule has 0 fully saturated rings. The van der Waals surface area contributed by atoms with E-state index in [-0.39, 0.29) is 12.4 Å². The molecule has 0 saturated carbocycles. The fourth-order valence-corrected chi connectivity index (χ4v) is 1.81. The fourth-order valence-electron chi connectivity index (χ4n) is 1.81. The average Bonchev–Trinajstić information content (AvgIpc) is 2.77. The van der Waals surface area contributed by atoms with Crippen LogP contribution in [0.3, 0.4) is 0 Å². The van der Waals surface area contributed by atoms with Crippen LogP contribution in [0.5, 0.6) is 5.75 Å². The molecule has 8 heteroatoms. The first-order chi connectivity index (χ1) is 9.93. The molecule has 114 valence electrons. The van der Waals surface area contributed by atoms with Crippen LogP contribution in [0.25, 0.3) is 5.69 Å².